The number of rotatable bonds is 0. The van der Waals surface area contributed by atoms with Crippen molar-refractivity contribution in [2.24, 2.45) is 0 Å². The van der Waals surface area contributed by atoms with E-state index in [4.69, 9.17) is 19.2 Å². The van der Waals surface area contributed by atoms with E-state index in [-0.39, 0.29) is 53.3 Å². The zero-order chi connectivity index (χ0) is 4.50. The topological polar surface area (TPSA) is 235 Å². The fourth-order valence-corrected chi connectivity index (χ4v) is 0. The molecule has 0 aromatic carbocycles. The molecule has 0 aromatic heterocycles. The Labute approximate surface area is 80.9 Å². The molecule has 11 heavy (non-hydrogen) atoms. The third kappa shape index (κ3) is 1760. The van der Waals surface area contributed by atoms with Crippen LogP contribution in [-0.2, 0) is 4.57 Å². The Morgan fingerprint density at radius 2 is 0.818 bits per heavy atom. The summed E-state index contributed by atoms with van der Waals surface area (Å²) in [4.78, 5) is 21.6. The van der Waals surface area contributed by atoms with E-state index in [0.717, 1.165) is 0 Å². The summed E-state index contributed by atoms with van der Waals surface area (Å²) >= 11 is 0. The Morgan fingerprint density at radius 1 is 0.818 bits per heavy atom. The van der Waals surface area contributed by atoms with E-state index in [1.807, 2.05) is 0 Å². The maximum absolute atomic E-state index is 8.88. The first-order chi connectivity index (χ1) is 2.00. The van der Waals surface area contributed by atoms with E-state index in [2.05, 4.69) is 0 Å². The van der Waals surface area contributed by atoms with E-state index < -0.39 is 7.82 Å². The third-order valence-electron chi connectivity index (χ3n) is 0. The zero-order valence-corrected chi connectivity index (χ0v) is 7.71. The van der Waals surface area contributed by atoms with Crippen LogP contribution < -0.4 is 0 Å². The maximum atomic E-state index is 8.88. The molecular weight excluding hydrogens is 199 g/mol. The van der Waals surface area contributed by atoms with Crippen molar-refractivity contribution in [3.63, 3.8) is 0 Å². The first-order valence-corrected chi connectivity index (χ1v) is 2.35. The Kier molecular flexibility index (Phi) is 124. The first kappa shape index (κ1) is 60.9. The van der Waals surface area contributed by atoms with Gasteiger partial charge < -0.3 is 44.9 Å². The van der Waals surface area contributed by atoms with Crippen LogP contribution in [0.3, 0.4) is 0 Å². The molecular formula is H15MgO9P. The number of hydrogen-bond donors (Lipinski definition) is 3. The molecule has 0 aliphatic heterocycles. The summed E-state index contributed by atoms with van der Waals surface area (Å²) in [6.45, 7) is 0. The van der Waals surface area contributed by atoms with E-state index >= 15 is 0 Å². The van der Waals surface area contributed by atoms with Gasteiger partial charge in [0.15, 0.2) is 0 Å². The van der Waals surface area contributed by atoms with Crippen LogP contribution in [-0.4, -0.2) is 65.1 Å². The Hall–Kier alpha value is 0.676. The summed E-state index contributed by atoms with van der Waals surface area (Å²) in [5.41, 5.74) is 0. The molecule has 9 nitrogen and oxygen atoms in total. The Bertz CT molecular complexity index is 63.8. The van der Waals surface area contributed by atoms with Gasteiger partial charge >= 0.3 is 30.9 Å². The first-order valence-electron chi connectivity index (χ1n) is 0.783. The Balaban J connectivity index is -0.00000000286. The van der Waals surface area contributed by atoms with E-state index in [1.54, 1.807) is 0 Å². The molecule has 76 valence electrons. The standard InChI is InChI=1S/Mg.H3O4P.5H2O.2H/c;1-5(2,3)4;;;;;;;/h;(H3,1,2,3,4);5*1H2;;/q+2;;;;;;;2*-1. The maximum Gasteiger partial charge on any atom is 2.00 e. The van der Waals surface area contributed by atoms with Gasteiger partial charge in [0.2, 0.25) is 0 Å². The van der Waals surface area contributed by atoms with Gasteiger partial charge in [-0.05, 0) is 0 Å². The van der Waals surface area contributed by atoms with Crippen molar-refractivity contribution in [1.29, 1.82) is 0 Å². The molecule has 13 N–H and O–H groups in total. The van der Waals surface area contributed by atoms with Crippen molar-refractivity contribution in [2.45, 2.75) is 0 Å². The molecule has 0 atom stereocenters. The van der Waals surface area contributed by atoms with Crippen LogP contribution in [0, 0.1) is 0 Å². The summed E-state index contributed by atoms with van der Waals surface area (Å²) in [6.07, 6.45) is 0. The average Bonchev–Trinajstić information content (AvgIpc) is 0.722. The molecule has 0 radical (unpaired) electrons. The molecule has 0 spiro atoms. The number of hydrogen-bond acceptors (Lipinski definition) is 1. The van der Waals surface area contributed by atoms with Gasteiger partial charge in [-0.25, -0.2) is 4.57 Å². The monoisotopic (exact) mass is 214 g/mol. The molecule has 0 saturated heterocycles. The van der Waals surface area contributed by atoms with Gasteiger partial charge in [0.05, 0.1) is 0 Å². The van der Waals surface area contributed by atoms with Crippen molar-refractivity contribution >= 4 is 30.9 Å². The van der Waals surface area contributed by atoms with Crippen LogP contribution in [0.4, 0.5) is 0 Å². The van der Waals surface area contributed by atoms with Gasteiger partial charge in [0.1, 0.15) is 0 Å². The second kappa shape index (κ2) is 22.4. The molecule has 0 amide bonds. The molecule has 0 saturated carbocycles. The molecule has 11 heteroatoms. The van der Waals surface area contributed by atoms with Crippen molar-refractivity contribution < 1.29 is 49.5 Å². The molecule has 0 unspecified atom stereocenters. The van der Waals surface area contributed by atoms with Gasteiger partial charge in [0.25, 0.3) is 0 Å². The third-order valence-corrected chi connectivity index (χ3v) is 0. The molecule has 0 aromatic rings. The van der Waals surface area contributed by atoms with Crippen LogP contribution in [0.2, 0.25) is 0 Å². The van der Waals surface area contributed by atoms with Crippen LogP contribution in [0.5, 0.6) is 0 Å². The minimum atomic E-state index is -4.64. The summed E-state index contributed by atoms with van der Waals surface area (Å²) in [5.74, 6) is 0. The van der Waals surface area contributed by atoms with Gasteiger partial charge in [-0.15, -0.1) is 0 Å². The predicted octanol–water partition coefficient (Wildman–Crippen LogP) is -5.21. The zero-order valence-electron chi connectivity index (χ0n) is 7.40. The van der Waals surface area contributed by atoms with Crippen molar-refractivity contribution in [3.8, 4) is 0 Å². The normalized spacial score (nSPS) is 5.36. The summed E-state index contributed by atoms with van der Waals surface area (Å²) < 4.78 is 8.88. The number of phosphoric acid groups is 1. The van der Waals surface area contributed by atoms with E-state index in [9.17, 15) is 0 Å². The fraction of sp³-hybridized carbons (Fsp3) is 0. The van der Waals surface area contributed by atoms with Crippen LogP contribution in [0.15, 0.2) is 0 Å². The summed E-state index contributed by atoms with van der Waals surface area (Å²) in [7, 11) is -4.64. The molecule has 0 bridgehead atoms. The van der Waals surface area contributed by atoms with Crippen LogP contribution in [0.25, 0.3) is 0 Å². The minimum Gasteiger partial charge on any atom is -1.00 e. The van der Waals surface area contributed by atoms with Gasteiger partial charge in [-0.1, -0.05) is 0 Å². The van der Waals surface area contributed by atoms with Gasteiger partial charge in [-0.3, -0.25) is 0 Å². The molecule has 0 aliphatic carbocycles. The molecule has 0 aliphatic rings. The van der Waals surface area contributed by atoms with Crippen molar-refractivity contribution in [1.82, 2.24) is 0 Å². The second-order valence-corrected chi connectivity index (χ2v) is 1.54. The fourth-order valence-electron chi connectivity index (χ4n) is 0. The minimum absolute atomic E-state index is 0. The SMILES string of the molecule is O.O.O.O.O.O=P(O)(O)O.[H-].[H-].[Mg+2]. The van der Waals surface area contributed by atoms with Crippen LogP contribution >= 0.6 is 7.82 Å². The van der Waals surface area contributed by atoms with E-state index in [1.165, 1.54) is 0 Å². The predicted molar refractivity (Wildman–Crippen MR) is 40.3 cm³/mol. The largest absolute Gasteiger partial charge is 2.00 e. The second-order valence-electron chi connectivity index (χ2n) is 0.513. The van der Waals surface area contributed by atoms with Crippen molar-refractivity contribution in [3.05, 3.63) is 0 Å². The van der Waals surface area contributed by atoms with Crippen molar-refractivity contribution in [2.75, 3.05) is 0 Å². The summed E-state index contributed by atoms with van der Waals surface area (Å²) in [5, 5.41) is 0. The average molecular weight is 214 g/mol. The molecule has 0 heterocycles. The quantitative estimate of drug-likeness (QED) is 0.264. The van der Waals surface area contributed by atoms with Gasteiger partial charge in [-0.2, -0.15) is 0 Å². The smallest absolute Gasteiger partial charge is 1.00 e. The Morgan fingerprint density at radius 3 is 0.818 bits per heavy atom. The van der Waals surface area contributed by atoms with E-state index in [0.29, 0.717) is 0 Å². The summed E-state index contributed by atoms with van der Waals surface area (Å²) in [6, 6.07) is 0. The molecule has 0 fully saturated rings. The molecule has 0 rings (SSSR count). The van der Waals surface area contributed by atoms with Crippen LogP contribution in [0.1, 0.15) is 2.85 Å². The van der Waals surface area contributed by atoms with Gasteiger partial charge in [0, 0.05) is 0 Å².